The molecule has 1 aromatic heterocycles. The first-order chi connectivity index (χ1) is 15.1. The summed E-state index contributed by atoms with van der Waals surface area (Å²) in [5.74, 6) is 0.282. The molecule has 0 radical (unpaired) electrons. The number of nitrogens with zero attached hydrogens (tertiary/aromatic N) is 3. The smallest absolute Gasteiger partial charge is 0.286 e. The van der Waals surface area contributed by atoms with E-state index in [1.807, 2.05) is 31.2 Å². The minimum atomic E-state index is -0.379. The quantitative estimate of drug-likeness (QED) is 0.636. The Morgan fingerprint density at radius 3 is 2.74 bits per heavy atom. The third-order valence-corrected chi connectivity index (χ3v) is 5.57. The molecule has 9 heteroatoms. The van der Waals surface area contributed by atoms with Crippen molar-refractivity contribution in [1.82, 2.24) is 15.1 Å². The third-order valence-electron chi connectivity index (χ3n) is 4.68. The van der Waals surface area contributed by atoms with E-state index in [9.17, 15) is 9.59 Å². The third kappa shape index (κ3) is 5.44. The summed E-state index contributed by atoms with van der Waals surface area (Å²) < 4.78 is 11.0. The lowest BCUT2D eigenvalue weighted by molar-refractivity contribution is 0.0303. The number of ether oxygens (including phenoxy) is 2. The van der Waals surface area contributed by atoms with Crippen LogP contribution in [0.1, 0.15) is 30.7 Å². The summed E-state index contributed by atoms with van der Waals surface area (Å²) in [5, 5.41) is 11.6. The number of nitrogens with one attached hydrogen (secondary N) is 1. The molecule has 160 valence electrons. The minimum absolute atomic E-state index is 0.0779. The number of rotatable bonds is 6. The molecule has 1 saturated heterocycles. The van der Waals surface area contributed by atoms with Gasteiger partial charge in [0.15, 0.2) is 5.01 Å². The molecule has 1 aliphatic heterocycles. The number of hydrogen-bond acceptors (Lipinski definition) is 7. The van der Waals surface area contributed by atoms with E-state index in [0.717, 1.165) is 11.3 Å². The maximum Gasteiger partial charge on any atom is 0.286 e. The van der Waals surface area contributed by atoms with E-state index in [1.165, 1.54) is 11.3 Å². The number of aryl methyl sites for hydroxylation is 1. The number of amides is 2. The molecular formula is C22H22N4O4S. The van der Waals surface area contributed by atoms with Crippen molar-refractivity contribution in [2.24, 2.45) is 0 Å². The van der Waals surface area contributed by atoms with Gasteiger partial charge in [-0.15, -0.1) is 10.2 Å². The van der Waals surface area contributed by atoms with Gasteiger partial charge in [-0.25, -0.2) is 0 Å². The van der Waals surface area contributed by atoms with Crippen LogP contribution in [0.3, 0.4) is 0 Å². The first-order valence-electron chi connectivity index (χ1n) is 9.89. The second kappa shape index (κ2) is 9.67. The summed E-state index contributed by atoms with van der Waals surface area (Å²) in [6, 6.07) is 14.6. The standard InChI is InChI=1S/C22H22N4O4S/c1-15-4-2-7-18(12-15)30-14-19-24-25-21(31-19)20(27)23-17-6-3-5-16(13-17)22(28)26-8-10-29-11-9-26/h2-7,12-13H,8-11,14H2,1H3,(H,23,27). The number of morpholine rings is 1. The molecule has 0 saturated carbocycles. The van der Waals surface area contributed by atoms with E-state index in [0.29, 0.717) is 42.6 Å². The Kier molecular flexibility index (Phi) is 6.54. The Bertz CT molecular complexity index is 1080. The molecule has 0 spiro atoms. The van der Waals surface area contributed by atoms with Crippen molar-refractivity contribution in [3.05, 3.63) is 69.7 Å². The highest BCUT2D eigenvalue weighted by Gasteiger charge is 2.19. The van der Waals surface area contributed by atoms with Crippen LogP contribution in [0.25, 0.3) is 0 Å². The summed E-state index contributed by atoms with van der Waals surface area (Å²) in [4.78, 5) is 27.0. The molecular weight excluding hydrogens is 416 g/mol. The molecule has 0 atom stereocenters. The van der Waals surface area contributed by atoms with Crippen LogP contribution >= 0.6 is 11.3 Å². The molecule has 2 amide bonds. The average molecular weight is 439 g/mol. The van der Waals surface area contributed by atoms with E-state index in [4.69, 9.17) is 9.47 Å². The van der Waals surface area contributed by atoms with Crippen LogP contribution in [-0.4, -0.2) is 53.2 Å². The number of carbonyl (C=O) groups is 2. The molecule has 1 aliphatic rings. The number of anilines is 1. The predicted molar refractivity (Wildman–Crippen MR) is 117 cm³/mol. The van der Waals surface area contributed by atoms with E-state index >= 15 is 0 Å². The first-order valence-corrected chi connectivity index (χ1v) is 10.7. The van der Waals surface area contributed by atoms with Crippen LogP contribution in [0.2, 0.25) is 0 Å². The minimum Gasteiger partial charge on any atom is -0.486 e. The highest BCUT2D eigenvalue weighted by atomic mass is 32.1. The van der Waals surface area contributed by atoms with Gasteiger partial charge >= 0.3 is 0 Å². The van der Waals surface area contributed by atoms with E-state index < -0.39 is 0 Å². The highest BCUT2D eigenvalue weighted by molar-refractivity contribution is 7.13. The van der Waals surface area contributed by atoms with Gasteiger partial charge in [-0.3, -0.25) is 9.59 Å². The first kappa shape index (κ1) is 21.0. The van der Waals surface area contributed by atoms with Gasteiger partial charge in [0, 0.05) is 24.3 Å². The molecule has 2 heterocycles. The van der Waals surface area contributed by atoms with Crippen LogP contribution in [0.5, 0.6) is 5.75 Å². The van der Waals surface area contributed by atoms with Gasteiger partial charge in [-0.1, -0.05) is 29.5 Å². The van der Waals surface area contributed by atoms with Crippen molar-refractivity contribution in [2.45, 2.75) is 13.5 Å². The lowest BCUT2D eigenvalue weighted by Gasteiger charge is -2.27. The van der Waals surface area contributed by atoms with Crippen molar-refractivity contribution < 1.29 is 19.1 Å². The Hall–Kier alpha value is -3.30. The van der Waals surface area contributed by atoms with Crippen molar-refractivity contribution in [3.63, 3.8) is 0 Å². The molecule has 1 N–H and O–H groups in total. The maximum absolute atomic E-state index is 12.6. The summed E-state index contributed by atoms with van der Waals surface area (Å²) in [7, 11) is 0. The van der Waals surface area contributed by atoms with Crippen molar-refractivity contribution in [2.75, 3.05) is 31.6 Å². The molecule has 2 aromatic carbocycles. The lowest BCUT2D eigenvalue weighted by atomic mass is 10.1. The van der Waals surface area contributed by atoms with Gasteiger partial charge in [0.2, 0.25) is 5.01 Å². The van der Waals surface area contributed by atoms with E-state index in [2.05, 4.69) is 15.5 Å². The molecule has 3 aromatic rings. The Morgan fingerprint density at radius 2 is 1.94 bits per heavy atom. The molecule has 1 fully saturated rings. The van der Waals surface area contributed by atoms with Crippen LogP contribution in [-0.2, 0) is 11.3 Å². The zero-order valence-corrected chi connectivity index (χ0v) is 17.9. The molecule has 4 rings (SSSR count). The van der Waals surface area contributed by atoms with E-state index in [1.54, 1.807) is 29.2 Å². The molecule has 8 nitrogen and oxygen atoms in total. The second-order valence-electron chi connectivity index (χ2n) is 7.05. The van der Waals surface area contributed by atoms with Crippen molar-refractivity contribution in [3.8, 4) is 5.75 Å². The van der Waals surface area contributed by atoms with Crippen LogP contribution in [0, 0.1) is 6.92 Å². The van der Waals surface area contributed by atoms with Crippen molar-refractivity contribution >= 4 is 28.8 Å². The Morgan fingerprint density at radius 1 is 1.13 bits per heavy atom. The molecule has 31 heavy (non-hydrogen) atoms. The molecule has 0 bridgehead atoms. The fourth-order valence-corrected chi connectivity index (χ4v) is 3.77. The zero-order chi connectivity index (χ0) is 21.6. The van der Waals surface area contributed by atoms with Crippen LogP contribution in [0.4, 0.5) is 5.69 Å². The normalized spacial score (nSPS) is 13.6. The second-order valence-corrected chi connectivity index (χ2v) is 8.11. The fraction of sp³-hybridized carbons (Fsp3) is 0.273. The number of aromatic nitrogens is 2. The van der Waals surface area contributed by atoms with Gasteiger partial charge in [-0.2, -0.15) is 0 Å². The van der Waals surface area contributed by atoms with Gasteiger partial charge in [-0.05, 0) is 42.8 Å². The van der Waals surface area contributed by atoms with E-state index in [-0.39, 0.29) is 23.4 Å². The van der Waals surface area contributed by atoms with Gasteiger partial charge in [0.25, 0.3) is 11.8 Å². The van der Waals surface area contributed by atoms with Crippen LogP contribution in [0.15, 0.2) is 48.5 Å². The van der Waals surface area contributed by atoms with Crippen molar-refractivity contribution in [1.29, 1.82) is 0 Å². The molecule has 0 unspecified atom stereocenters. The maximum atomic E-state index is 12.6. The lowest BCUT2D eigenvalue weighted by Crippen LogP contribution is -2.40. The highest BCUT2D eigenvalue weighted by Crippen LogP contribution is 2.19. The van der Waals surface area contributed by atoms with Gasteiger partial charge in [0.1, 0.15) is 12.4 Å². The zero-order valence-electron chi connectivity index (χ0n) is 17.0. The van der Waals surface area contributed by atoms with Crippen LogP contribution < -0.4 is 10.1 Å². The monoisotopic (exact) mass is 438 g/mol. The number of carbonyl (C=O) groups excluding carboxylic acids is 2. The SMILES string of the molecule is Cc1cccc(OCc2nnc(C(=O)Nc3cccc(C(=O)N4CCOCC4)c3)s2)c1. The number of benzene rings is 2. The molecule has 0 aliphatic carbocycles. The average Bonchev–Trinajstić information content (AvgIpc) is 3.27. The Balaban J connectivity index is 1.36. The fourth-order valence-electron chi connectivity index (χ4n) is 3.12. The summed E-state index contributed by atoms with van der Waals surface area (Å²) in [6.07, 6.45) is 0. The Labute approximate surface area is 183 Å². The summed E-state index contributed by atoms with van der Waals surface area (Å²) in [6.45, 7) is 4.42. The summed E-state index contributed by atoms with van der Waals surface area (Å²) >= 11 is 1.17. The topological polar surface area (TPSA) is 93.7 Å². The largest absolute Gasteiger partial charge is 0.486 e. The number of hydrogen-bond donors (Lipinski definition) is 1. The van der Waals surface area contributed by atoms with Gasteiger partial charge in [0.05, 0.1) is 13.2 Å². The summed E-state index contributed by atoms with van der Waals surface area (Å²) in [5.41, 5.74) is 2.14. The van der Waals surface area contributed by atoms with Gasteiger partial charge < -0.3 is 19.7 Å². The predicted octanol–water partition coefficient (Wildman–Crippen LogP) is 3.15.